The molecule has 4 aromatic rings. The lowest BCUT2D eigenvalue weighted by Gasteiger charge is -2.01. The van der Waals surface area contributed by atoms with Crippen molar-refractivity contribution in [3.63, 3.8) is 0 Å². The molecular formula is C18H15N5O2. The largest absolute Gasteiger partial charge is 0.493 e. The highest BCUT2D eigenvalue weighted by Crippen LogP contribution is 2.35. The number of rotatable bonds is 4. The van der Waals surface area contributed by atoms with Gasteiger partial charge in [0.15, 0.2) is 5.69 Å². The zero-order chi connectivity index (χ0) is 17.2. The first-order chi connectivity index (χ1) is 12.2. The van der Waals surface area contributed by atoms with Crippen LogP contribution in [0.4, 0.5) is 5.69 Å². The first-order valence-electron chi connectivity index (χ1n) is 7.86. The lowest BCUT2D eigenvalue weighted by molar-refractivity contribution is -0.118. The number of carbonyl (C=O) groups excluding carboxylic acids is 1. The third-order valence-electron chi connectivity index (χ3n) is 4.02. The highest BCUT2D eigenvalue weighted by molar-refractivity contribution is 5.94. The number of aromatic nitrogens is 3. The predicted molar refractivity (Wildman–Crippen MR) is 93.8 cm³/mol. The Morgan fingerprint density at radius 3 is 2.88 bits per heavy atom. The Hall–Kier alpha value is -3.48. The van der Waals surface area contributed by atoms with Crippen LogP contribution in [0.15, 0.2) is 65.1 Å². The number of fused-ring (bicyclic) bond motifs is 2. The number of imidazole rings is 1. The van der Waals surface area contributed by atoms with Gasteiger partial charge in [-0.15, -0.1) is 10.2 Å². The molecule has 0 bridgehead atoms. The van der Waals surface area contributed by atoms with Crippen molar-refractivity contribution in [2.24, 2.45) is 10.2 Å². The molecule has 0 unspecified atom stereocenters. The molecule has 0 saturated heterocycles. The van der Waals surface area contributed by atoms with Crippen LogP contribution in [0.5, 0.6) is 5.88 Å². The molecule has 7 heteroatoms. The van der Waals surface area contributed by atoms with Crippen LogP contribution in [0.3, 0.4) is 0 Å². The molecule has 0 fully saturated rings. The van der Waals surface area contributed by atoms with E-state index in [0.717, 1.165) is 21.9 Å². The molecular weight excluding hydrogens is 318 g/mol. The highest BCUT2D eigenvalue weighted by atomic mass is 16.3. The van der Waals surface area contributed by atoms with Crippen LogP contribution < -0.4 is 0 Å². The van der Waals surface area contributed by atoms with Crippen LogP contribution in [0.1, 0.15) is 6.42 Å². The quantitative estimate of drug-likeness (QED) is 0.554. The van der Waals surface area contributed by atoms with Crippen LogP contribution in [0, 0.1) is 0 Å². The Morgan fingerprint density at radius 1 is 1.16 bits per heavy atom. The first kappa shape index (κ1) is 15.1. The molecule has 1 amide bonds. The minimum atomic E-state index is -0.359. The molecule has 0 aliphatic heterocycles. The molecule has 25 heavy (non-hydrogen) atoms. The van der Waals surface area contributed by atoms with Crippen molar-refractivity contribution >= 4 is 33.5 Å². The summed E-state index contributed by atoms with van der Waals surface area (Å²) in [4.78, 5) is 19.1. The molecule has 2 N–H and O–H groups in total. The molecule has 0 aliphatic rings. The number of carbonyl (C=O) groups is 1. The molecule has 2 aromatic heterocycles. The zero-order valence-electron chi connectivity index (χ0n) is 13.3. The highest BCUT2D eigenvalue weighted by Gasteiger charge is 2.10. The van der Waals surface area contributed by atoms with Crippen molar-refractivity contribution in [2.45, 2.75) is 13.0 Å². The summed E-state index contributed by atoms with van der Waals surface area (Å²) in [7, 11) is 0. The summed E-state index contributed by atoms with van der Waals surface area (Å²) in [5.74, 6) is -0.458. The summed E-state index contributed by atoms with van der Waals surface area (Å²) in [6.45, 7) is 0.470. The smallest absolute Gasteiger partial charge is 0.266 e. The Bertz CT molecular complexity index is 1090. The van der Waals surface area contributed by atoms with Crippen molar-refractivity contribution < 1.29 is 9.90 Å². The van der Waals surface area contributed by atoms with Crippen LogP contribution in [0.25, 0.3) is 21.9 Å². The molecule has 0 saturated carbocycles. The van der Waals surface area contributed by atoms with Crippen LogP contribution >= 0.6 is 0 Å². The van der Waals surface area contributed by atoms with Gasteiger partial charge in [-0.25, -0.2) is 4.98 Å². The van der Waals surface area contributed by atoms with Crippen molar-refractivity contribution in [2.75, 3.05) is 0 Å². The van der Waals surface area contributed by atoms with Gasteiger partial charge >= 0.3 is 0 Å². The fourth-order valence-electron chi connectivity index (χ4n) is 2.77. The monoisotopic (exact) mass is 333 g/mol. The van der Waals surface area contributed by atoms with E-state index in [2.05, 4.69) is 20.2 Å². The van der Waals surface area contributed by atoms with E-state index in [9.17, 15) is 9.90 Å². The number of hydrogen-bond acceptors (Lipinski definition) is 4. The number of aromatic hydroxyl groups is 1. The molecule has 7 nitrogen and oxygen atoms in total. The number of nitrogens with one attached hydrogen (secondary N) is 1. The molecule has 0 spiro atoms. The van der Waals surface area contributed by atoms with Gasteiger partial charge in [0.05, 0.1) is 22.9 Å². The first-order valence-corrected chi connectivity index (χ1v) is 7.86. The van der Waals surface area contributed by atoms with Gasteiger partial charge in [-0.3, -0.25) is 4.79 Å². The lowest BCUT2D eigenvalue weighted by Crippen LogP contribution is -2.02. The molecule has 4 rings (SSSR count). The number of H-pyrrole nitrogens is 1. The maximum atomic E-state index is 12.0. The molecule has 0 aliphatic carbocycles. The van der Waals surface area contributed by atoms with Crippen molar-refractivity contribution in [3.05, 3.63) is 54.9 Å². The Kier molecular flexibility index (Phi) is 3.74. The van der Waals surface area contributed by atoms with E-state index in [1.165, 1.54) is 0 Å². The normalized spacial score (nSPS) is 11.7. The van der Waals surface area contributed by atoms with Gasteiger partial charge in [0, 0.05) is 18.4 Å². The predicted octanol–water partition coefficient (Wildman–Crippen LogP) is 3.92. The Morgan fingerprint density at radius 2 is 1.96 bits per heavy atom. The average molecular weight is 333 g/mol. The molecule has 124 valence electrons. The summed E-state index contributed by atoms with van der Waals surface area (Å²) in [6, 6.07) is 15.0. The molecule has 2 heterocycles. The number of para-hydroxylation sites is 3. The number of aromatic amines is 1. The van der Waals surface area contributed by atoms with Crippen molar-refractivity contribution in [1.82, 2.24) is 14.5 Å². The fraction of sp³-hybridized carbons (Fsp3) is 0.111. The fourth-order valence-corrected chi connectivity index (χ4v) is 2.77. The Balaban J connectivity index is 1.48. The summed E-state index contributed by atoms with van der Waals surface area (Å²) >= 11 is 0. The molecule has 2 aromatic carbocycles. The van der Waals surface area contributed by atoms with Gasteiger partial charge in [0.25, 0.3) is 5.91 Å². The second-order valence-corrected chi connectivity index (χ2v) is 5.64. The Labute approximate surface area is 142 Å². The van der Waals surface area contributed by atoms with Crippen LogP contribution in [0.2, 0.25) is 0 Å². The number of amides is 1. The summed E-state index contributed by atoms with van der Waals surface area (Å²) in [5.41, 5.74) is 2.88. The van der Waals surface area contributed by atoms with Crippen molar-refractivity contribution in [1.29, 1.82) is 0 Å². The average Bonchev–Trinajstić information content (AvgIpc) is 3.18. The minimum absolute atomic E-state index is 0.0987. The number of aryl methyl sites for hydroxylation is 1. The second-order valence-electron chi connectivity index (χ2n) is 5.64. The van der Waals surface area contributed by atoms with Gasteiger partial charge in [-0.1, -0.05) is 30.3 Å². The van der Waals surface area contributed by atoms with Crippen molar-refractivity contribution in [3.8, 4) is 5.88 Å². The topological polar surface area (TPSA) is 95.6 Å². The van der Waals surface area contributed by atoms with Crippen LogP contribution in [-0.4, -0.2) is 25.5 Å². The van der Waals surface area contributed by atoms with E-state index in [1.807, 2.05) is 53.1 Å². The molecule has 0 atom stereocenters. The number of nitrogens with zero attached hydrogens (tertiary/aromatic N) is 4. The van der Waals surface area contributed by atoms with E-state index in [1.54, 1.807) is 6.33 Å². The van der Waals surface area contributed by atoms with Gasteiger partial charge in [0.2, 0.25) is 5.88 Å². The van der Waals surface area contributed by atoms with Gasteiger partial charge < -0.3 is 14.7 Å². The summed E-state index contributed by atoms with van der Waals surface area (Å²) < 4.78 is 1.91. The minimum Gasteiger partial charge on any atom is -0.493 e. The maximum absolute atomic E-state index is 12.0. The van der Waals surface area contributed by atoms with Crippen LogP contribution in [-0.2, 0) is 11.3 Å². The SMILES string of the molecule is O=C(CCn1cnc2ccccc21)N=Nc1c(O)[nH]c2ccccc12. The van der Waals surface area contributed by atoms with E-state index in [0.29, 0.717) is 6.54 Å². The number of benzene rings is 2. The van der Waals surface area contributed by atoms with E-state index in [-0.39, 0.29) is 23.9 Å². The van der Waals surface area contributed by atoms with Gasteiger partial charge in [-0.05, 0) is 18.2 Å². The number of hydrogen-bond donors (Lipinski definition) is 2. The van der Waals surface area contributed by atoms with E-state index in [4.69, 9.17) is 0 Å². The van der Waals surface area contributed by atoms with Gasteiger partial charge in [-0.2, -0.15) is 0 Å². The second kappa shape index (κ2) is 6.20. The summed E-state index contributed by atoms with van der Waals surface area (Å²) in [6.07, 6.45) is 1.91. The number of azo groups is 1. The van der Waals surface area contributed by atoms with E-state index >= 15 is 0 Å². The van der Waals surface area contributed by atoms with Gasteiger partial charge in [0.1, 0.15) is 0 Å². The lowest BCUT2D eigenvalue weighted by atomic mass is 10.2. The standard InChI is InChI=1S/C18H15N5O2/c24-16(9-10-23-11-19-14-7-3-4-8-15(14)23)21-22-17-12-5-1-2-6-13(12)20-18(17)25/h1-8,11,20,25H,9-10H2. The zero-order valence-corrected chi connectivity index (χ0v) is 13.3. The maximum Gasteiger partial charge on any atom is 0.266 e. The third kappa shape index (κ3) is 2.87. The summed E-state index contributed by atoms with van der Waals surface area (Å²) in [5, 5.41) is 18.3. The third-order valence-corrected chi connectivity index (χ3v) is 4.02. The molecule has 0 radical (unpaired) electrons. The van der Waals surface area contributed by atoms with E-state index < -0.39 is 0 Å².